The Balaban J connectivity index is 1.88. The van der Waals surface area contributed by atoms with Crippen LogP contribution in [0.5, 0.6) is 0 Å². The Labute approximate surface area is 139 Å². The van der Waals surface area contributed by atoms with Gasteiger partial charge in [0, 0.05) is 17.1 Å². The molecule has 0 saturated carbocycles. The number of carbonyl (C=O) groups excluding carboxylic acids is 1. The van der Waals surface area contributed by atoms with Gasteiger partial charge in [-0.05, 0) is 41.1 Å². The minimum absolute atomic E-state index is 0.0731. The number of benzene rings is 1. The summed E-state index contributed by atoms with van der Waals surface area (Å²) < 4.78 is 27.5. The second-order valence-corrected chi connectivity index (χ2v) is 8.66. The summed E-state index contributed by atoms with van der Waals surface area (Å²) in [6, 6.07) is 8.56. The van der Waals surface area contributed by atoms with Gasteiger partial charge < -0.3 is 5.32 Å². The molecule has 122 valence electrons. The highest BCUT2D eigenvalue weighted by Gasteiger charge is 2.33. The van der Waals surface area contributed by atoms with Gasteiger partial charge in [0.15, 0.2) is 0 Å². The number of carbonyl (C=O) groups is 1. The first-order chi connectivity index (χ1) is 10.9. The third-order valence-corrected chi connectivity index (χ3v) is 6.17. The van der Waals surface area contributed by atoms with E-state index in [4.69, 9.17) is 0 Å². The summed E-state index contributed by atoms with van der Waals surface area (Å²) >= 11 is 1.50. The summed E-state index contributed by atoms with van der Waals surface area (Å²) in [6.45, 7) is 4.17. The van der Waals surface area contributed by atoms with Crippen LogP contribution in [0.1, 0.15) is 30.2 Å². The van der Waals surface area contributed by atoms with E-state index in [2.05, 4.69) is 10.0 Å². The molecular formula is C16H18N2O3S2. The fourth-order valence-electron chi connectivity index (χ4n) is 2.76. The van der Waals surface area contributed by atoms with Gasteiger partial charge in [-0.25, -0.2) is 13.1 Å². The monoisotopic (exact) mass is 350 g/mol. The molecule has 7 heteroatoms. The Hall–Kier alpha value is -1.70. The zero-order valence-electron chi connectivity index (χ0n) is 12.9. The van der Waals surface area contributed by atoms with Gasteiger partial charge in [-0.3, -0.25) is 4.79 Å². The molecule has 23 heavy (non-hydrogen) atoms. The quantitative estimate of drug-likeness (QED) is 0.870. The Morgan fingerprint density at radius 1 is 1.30 bits per heavy atom. The van der Waals surface area contributed by atoms with E-state index in [1.165, 1.54) is 17.4 Å². The molecule has 0 fully saturated rings. The number of amides is 1. The summed E-state index contributed by atoms with van der Waals surface area (Å²) in [5.41, 5.74) is 1.45. The zero-order valence-corrected chi connectivity index (χ0v) is 14.5. The van der Waals surface area contributed by atoms with E-state index in [0.29, 0.717) is 5.69 Å². The molecule has 1 amide bonds. The van der Waals surface area contributed by atoms with Crippen molar-refractivity contribution in [2.24, 2.45) is 5.92 Å². The van der Waals surface area contributed by atoms with E-state index in [9.17, 15) is 13.2 Å². The second-order valence-electron chi connectivity index (χ2n) is 5.86. The van der Waals surface area contributed by atoms with Crippen LogP contribution in [0, 0.1) is 5.92 Å². The molecular weight excluding hydrogens is 332 g/mol. The van der Waals surface area contributed by atoms with Crippen molar-refractivity contribution < 1.29 is 13.2 Å². The number of hydrogen-bond acceptors (Lipinski definition) is 4. The number of nitrogens with one attached hydrogen (secondary N) is 2. The molecule has 2 heterocycles. The molecule has 0 saturated heterocycles. The summed E-state index contributed by atoms with van der Waals surface area (Å²) in [5, 5.41) is 4.72. The van der Waals surface area contributed by atoms with Gasteiger partial charge in [0.25, 0.3) is 0 Å². The lowest BCUT2D eigenvalue weighted by Gasteiger charge is -2.13. The number of sulfonamides is 1. The third kappa shape index (κ3) is 3.17. The molecule has 1 aliphatic heterocycles. The van der Waals surface area contributed by atoms with Gasteiger partial charge in [0.05, 0.1) is 10.8 Å². The molecule has 0 spiro atoms. The first-order valence-corrected chi connectivity index (χ1v) is 9.71. The van der Waals surface area contributed by atoms with Gasteiger partial charge in [0.1, 0.15) is 0 Å². The van der Waals surface area contributed by atoms with Crippen LogP contribution in [0.3, 0.4) is 0 Å². The van der Waals surface area contributed by atoms with E-state index in [1.54, 1.807) is 12.1 Å². The maximum Gasteiger partial charge on any atom is 0.240 e. The number of hydrogen-bond donors (Lipinski definition) is 2. The van der Waals surface area contributed by atoms with Gasteiger partial charge in [-0.2, -0.15) is 0 Å². The maximum atomic E-state index is 12.5. The Morgan fingerprint density at radius 2 is 2.09 bits per heavy atom. The SMILES string of the molecule is CC(C)[C@H]1C(=O)Nc2ccc(S(=O)(=O)NCc3cccs3)cc21. The highest BCUT2D eigenvalue weighted by atomic mass is 32.2. The average Bonchev–Trinajstić information content (AvgIpc) is 3.10. The number of rotatable bonds is 5. The molecule has 1 aliphatic rings. The van der Waals surface area contributed by atoms with Crippen molar-refractivity contribution in [2.45, 2.75) is 31.2 Å². The van der Waals surface area contributed by atoms with Crippen LogP contribution in [0.25, 0.3) is 0 Å². The summed E-state index contributed by atoms with van der Waals surface area (Å²) in [5.74, 6) is -0.276. The summed E-state index contributed by atoms with van der Waals surface area (Å²) in [7, 11) is -3.61. The molecule has 0 aliphatic carbocycles. The van der Waals surface area contributed by atoms with Crippen molar-refractivity contribution >= 4 is 33.0 Å². The van der Waals surface area contributed by atoms with E-state index in [0.717, 1.165) is 10.4 Å². The molecule has 0 radical (unpaired) electrons. The highest BCUT2D eigenvalue weighted by molar-refractivity contribution is 7.89. The van der Waals surface area contributed by atoms with Crippen molar-refractivity contribution in [2.75, 3.05) is 5.32 Å². The lowest BCUT2D eigenvalue weighted by Crippen LogP contribution is -2.23. The zero-order chi connectivity index (χ0) is 16.6. The lowest BCUT2D eigenvalue weighted by molar-refractivity contribution is -0.117. The topological polar surface area (TPSA) is 75.3 Å². The average molecular weight is 350 g/mol. The van der Waals surface area contributed by atoms with Crippen LogP contribution >= 0.6 is 11.3 Å². The molecule has 1 aromatic heterocycles. The van der Waals surface area contributed by atoms with Gasteiger partial charge in [-0.1, -0.05) is 19.9 Å². The standard InChI is InChI=1S/C16H18N2O3S2/c1-10(2)15-13-8-12(5-6-14(13)18-16(15)19)23(20,21)17-9-11-4-3-7-22-11/h3-8,10,15,17H,9H2,1-2H3,(H,18,19)/t15-/m1/s1. The Bertz CT molecular complexity index is 827. The molecule has 2 aromatic rings. The number of thiophene rings is 1. The maximum absolute atomic E-state index is 12.5. The largest absolute Gasteiger partial charge is 0.325 e. The van der Waals surface area contributed by atoms with E-state index in [1.807, 2.05) is 31.4 Å². The van der Waals surface area contributed by atoms with Crippen molar-refractivity contribution in [3.05, 3.63) is 46.2 Å². The molecule has 0 unspecified atom stereocenters. The predicted octanol–water partition coefficient (Wildman–Crippen LogP) is 2.92. The smallest absolute Gasteiger partial charge is 0.240 e. The molecule has 5 nitrogen and oxygen atoms in total. The van der Waals surface area contributed by atoms with Crippen LogP contribution < -0.4 is 10.0 Å². The van der Waals surface area contributed by atoms with Crippen molar-refractivity contribution in [1.29, 1.82) is 0 Å². The number of anilines is 1. The Kier molecular flexibility index (Phi) is 4.27. The minimum Gasteiger partial charge on any atom is -0.325 e. The normalized spacial score (nSPS) is 17.3. The molecule has 3 rings (SSSR count). The second kappa shape index (κ2) is 6.07. The van der Waals surface area contributed by atoms with Gasteiger partial charge in [-0.15, -0.1) is 11.3 Å². The summed E-state index contributed by atoms with van der Waals surface area (Å²) in [6.07, 6.45) is 0. The van der Waals surface area contributed by atoms with E-state index in [-0.39, 0.29) is 29.2 Å². The third-order valence-electron chi connectivity index (χ3n) is 3.89. The first kappa shape index (κ1) is 16.2. The van der Waals surface area contributed by atoms with Crippen molar-refractivity contribution in [3.8, 4) is 0 Å². The van der Waals surface area contributed by atoms with Gasteiger partial charge in [0.2, 0.25) is 15.9 Å². The van der Waals surface area contributed by atoms with Crippen LogP contribution in [-0.2, 0) is 21.4 Å². The van der Waals surface area contributed by atoms with E-state index >= 15 is 0 Å². The van der Waals surface area contributed by atoms with E-state index < -0.39 is 10.0 Å². The fourth-order valence-corrected chi connectivity index (χ4v) is 4.53. The minimum atomic E-state index is -3.61. The Morgan fingerprint density at radius 3 is 2.74 bits per heavy atom. The first-order valence-electron chi connectivity index (χ1n) is 7.35. The van der Waals surface area contributed by atoms with Crippen LogP contribution in [0.2, 0.25) is 0 Å². The molecule has 0 bridgehead atoms. The molecule has 1 atom stereocenters. The fraction of sp³-hybridized carbons (Fsp3) is 0.312. The van der Waals surface area contributed by atoms with Crippen molar-refractivity contribution in [1.82, 2.24) is 4.72 Å². The predicted molar refractivity (Wildman–Crippen MR) is 91.0 cm³/mol. The summed E-state index contributed by atoms with van der Waals surface area (Å²) in [4.78, 5) is 13.2. The molecule has 2 N–H and O–H groups in total. The lowest BCUT2D eigenvalue weighted by atomic mass is 9.90. The van der Waals surface area contributed by atoms with Crippen LogP contribution in [0.15, 0.2) is 40.6 Å². The van der Waals surface area contributed by atoms with Gasteiger partial charge >= 0.3 is 0 Å². The van der Waals surface area contributed by atoms with Crippen LogP contribution in [0.4, 0.5) is 5.69 Å². The van der Waals surface area contributed by atoms with Crippen molar-refractivity contribution in [3.63, 3.8) is 0 Å². The highest BCUT2D eigenvalue weighted by Crippen LogP contribution is 2.38. The number of fused-ring (bicyclic) bond motifs is 1. The molecule has 1 aromatic carbocycles. The van der Waals surface area contributed by atoms with Crippen LogP contribution in [-0.4, -0.2) is 14.3 Å².